The average Bonchev–Trinajstić information content (AvgIpc) is 3.34. The van der Waals surface area contributed by atoms with Crippen molar-refractivity contribution >= 4 is 5.91 Å². The second kappa shape index (κ2) is 9.06. The summed E-state index contributed by atoms with van der Waals surface area (Å²) in [6.45, 7) is 8.03. The van der Waals surface area contributed by atoms with E-state index in [4.69, 9.17) is 0 Å². The van der Waals surface area contributed by atoms with Crippen molar-refractivity contribution in [3.05, 3.63) is 70.9 Å². The zero-order valence-corrected chi connectivity index (χ0v) is 19.8. The normalized spacial score (nSPS) is 21.6. The Hall–Kier alpha value is -2.87. The van der Waals surface area contributed by atoms with Crippen molar-refractivity contribution in [1.29, 1.82) is 0 Å². The maximum atomic E-state index is 13.1. The molecule has 0 spiro atoms. The van der Waals surface area contributed by atoms with Crippen LogP contribution in [0.15, 0.2) is 48.4 Å². The van der Waals surface area contributed by atoms with Gasteiger partial charge in [0.15, 0.2) is 0 Å². The molecule has 8 heteroatoms. The smallest absolute Gasteiger partial charge is 0.257 e. The van der Waals surface area contributed by atoms with Gasteiger partial charge in [0, 0.05) is 56.8 Å². The second-order valence-corrected chi connectivity index (χ2v) is 9.96. The van der Waals surface area contributed by atoms with Crippen LogP contribution in [0.25, 0.3) is 0 Å². The number of halogens is 2. The number of likely N-dealkylation sites (tertiary alicyclic amines) is 2. The quantitative estimate of drug-likeness (QED) is 0.626. The van der Waals surface area contributed by atoms with Crippen LogP contribution in [0.2, 0.25) is 0 Å². The Balaban J connectivity index is 1.22. The van der Waals surface area contributed by atoms with E-state index in [9.17, 15) is 13.6 Å². The molecule has 1 atom stereocenters. The molecule has 0 radical (unpaired) electrons. The van der Waals surface area contributed by atoms with E-state index in [1.807, 2.05) is 41.8 Å². The Morgan fingerprint density at radius 2 is 1.82 bits per heavy atom. The van der Waals surface area contributed by atoms with Crippen molar-refractivity contribution in [3.8, 4) is 0 Å². The number of benzene rings is 1. The lowest BCUT2D eigenvalue weighted by Gasteiger charge is -2.51. The van der Waals surface area contributed by atoms with Gasteiger partial charge in [-0.05, 0) is 31.4 Å². The highest BCUT2D eigenvalue weighted by Gasteiger charge is 2.45. The highest BCUT2D eigenvalue weighted by molar-refractivity contribution is 5.96. The molecule has 4 heterocycles. The van der Waals surface area contributed by atoms with E-state index in [1.54, 1.807) is 0 Å². The number of amides is 1. The first-order valence-corrected chi connectivity index (χ1v) is 11.9. The van der Waals surface area contributed by atoms with Gasteiger partial charge in [0.25, 0.3) is 12.3 Å². The molecule has 6 nitrogen and oxygen atoms in total. The van der Waals surface area contributed by atoms with E-state index in [1.165, 1.54) is 17.5 Å². The van der Waals surface area contributed by atoms with Crippen molar-refractivity contribution < 1.29 is 13.6 Å². The maximum Gasteiger partial charge on any atom is 0.257 e. The Morgan fingerprint density at radius 3 is 2.47 bits per heavy atom. The van der Waals surface area contributed by atoms with Crippen molar-refractivity contribution in [2.75, 3.05) is 45.8 Å². The fourth-order valence-electron chi connectivity index (χ4n) is 5.83. The van der Waals surface area contributed by atoms with Crippen molar-refractivity contribution in [2.45, 2.75) is 32.1 Å². The molecule has 180 valence electrons. The number of nitrogens with zero attached hydrogens (tertiary/aromatic N) is 5. The molecule has 0 bridgehead atoms. The number of fused-ring (bicyclic) bond motifs is 1. The van der Waals surface area contributed by atoms with Crippen LogP contribution < -0.4 is 0 Å². The molecule has 1 aromatic carbocycles. The molecular formula is C26H31F2N5O. The second-order valence-electron chi connectivity index (χ2n) is 9.96. The largest absolute Gasteiger partial charge is 0.377 e. The van der Waals surface area contributed by atoms with E-state index in [0.29, 0.717) is 37.7 Å². The third-order valence-corrected chi connectivity index (χ3v) is 7.58. The number of alkyl halides is 2. The molecule has 0 saturated carbocycles. The van der Waals surface area contributed by atoms with E-state index >= 15 is 0 Å². The number of aryl methyl sites for hydroxylation is 2. The van der Waals surface area contributed by atoms with Crippen LogP contribution in [0, 0.1) is 19.8 Å². The van der Waals surface area contributed by atoms with Gasteiger partial charge in [0.2, 0.25) is 0 Å². The van der Waals surface area contributed by atoms with Gasteiger partial charge in [-0.2, -0.15) is 0 Å². The van der Waals surface area contributed by atoms with Gasteiger partial charge in [-0.3, -0.25) is 9.69 Å². The maximum absolute atomic E-state index is 13.1. The predicted molar refractivity (Wildman–Crippen MR) is 126 cm³/mol. The molecule has 3 aliphatic heterocycles. The fraction of sp³-hybridized carbons (Fsp3) is 0.500. The summed E-state index contributed by atoms with van der Waals surface area (Å²) >= 11 is 0. The van der Waals surface area contributed by atoms with E-state index in [-0.39, 0.29) is 17.9 Å². The van der Waals surface area contributed by atoms with Crippen LogP contribution in [-0.2, 0) is 5.41 Å². The molecule has 1 aromatic heterocycles. The first kappa shape index (κ1) is 22.9. The van der Waals surface area contributed by atoms with Crippen molar-refractivity contribution in [1.82, 2.24) is 24.7 Å². The molecular weight excluding hydrogens is 436 g/mol. The molecule has 1 amide bonds. The minimum atomic E-state index is -2.29. The van der Waals surface area contributed by atoms with Crippen LogP contribution >= 0.6 is 0 Å². The van der Waals surface area contributed by atoms with E-state index in [0.717, 1.165) is 30.9 Å². The molecule has 34 heavy (non-hydrogen) atoms. The van der Waals surface area contributed by atoms with Crippen LogP contribution in [0.4, 0.5) is 8.78 Å². The Kier molecular flexibility index (Phi) is 6.10. The summed E-state index contributed by atoms with van der Waals surface area (Å²) in [7, 11) is 0. The third kappa shape index (κ3) is 4.31. The highest BCUT2D eigenvalue weighted by Crippen LogP contribution is 2.39. The number of rotatable bonds is 7. The van der Waals surface area contributed by atoms with Crippen LogP contribution in [0.1, 0.15) is 33.7 Å². The van der Waals surface area contributed by atoms with Gasteiger partial charge >= 0.3 is 0 Å². The molecule has 0 N–H and O–H groups in total. The summed E-state index contributed by atoms with van der Waals surface area (Å²) in [5, 5.41) is 0. The number of aromatic nitrogens is 2. The molecule has 5 rings (SSSR count). The zero-order chi connectivity index (χ0) is 23.9. The van der Waals surface area contributed by atoms with E-state index in [2.05, 4.69) is 33.2 Å². The summed E-state index contributed by atoms with van der Waals surface area (Å²) in [4.78, 5) is 27.6. The van der Waals surface area contributed by atoms with Crippen molar-refractivity contribution in [3.63, 3.8) is 0 Å². The van der Waals surface area contributed by atoms with Gasteiger partial charge < -0.3 is 9.80 Å². The Labute approximate surface area is 199 Å². The first-order chi connectivity index (χ1) is 16.3. The van der Waals surface area contributed by atoms with Gasteiger partial charge in [-0.25, -0.2) is 18.7 Å². The van der Waals surface area contributed by atoms with Crippen LogP contribution in [0.5, 0.6) is 0 Å². The number of hydrogen-bond acceptors (Lipinski definition) is 5. The van der Waals surface area contributed by atoms with Gasteiger partial charge in [0.05, 0.1) is 23.5 Å². The Morgan fingerprint density at radius 1 is 1.12 bits per heavy atom. The lowest BCUT2D eigenvalue weighted by atomic mass is 9.71. The van der Waals surface area contributed by atoms with Crippen LogP contribution in [-0.4, -0.2) is 82.8 Å². The predicted octanol–water partition coefficient (Wildman–Crippen LogP) is 3.27. The van der Waals surface area contributed by atoms with Gasteiger partial charge in [0.1, 0.15) is 6.33 Å². The highest BCUT2D eigenvalue weighted by atomic mass is 19.3. The van der Waals surface area contributed by atoms with Crippen molar-refractivity contribution in [2.24, 2.45) is 5.92 Å². The van der Waals surface area contributed by atoms with Gasteiger partial charge in [-0.15, -0.1) is 0 Å². The number of carbonyl (C=O) groups is 1. The van der Waals surface area contributed by atoms with Gasteiger partial charge in [-0.1, -0.05) is 30.3 Å². The summed E-state index contributed by atoms with van der Waals surface area (Å²) in [5.41, 5.74) is 4.51. The first-order valence-electron chi connectivity index (χ1n) is 11.9. The Bertz CT molecular complexity index is 1060. The topological polar surface area (TPSA) is 52.6 Å². The van der Waals surface area contributed by atoms with E-state index < -0.39 is 6.43 Å². The monoisotopic (exact) mass is 467 g/mol. The van der Waals surface area contributed by atoms with Crippen LogP contribution in [0.3, 0.4) is 0 Å². The zero-order valence-electron chi connectivity index (χ0n) is 19.8. The molecule has 2 fully saturated rings. The summed E-state index contributed by atoms with van der Waals surface area (Å²) in [5.74, 6) is 0.354. The molecule has 0 aliphatic carbocycles. The number of hydrogen-bond donors (Lipinski definition) is 0. The lowest BCUT2D eigenvalue weighted by Crippen LogP contribution is -2.61. The minimum Gasteiger partial charge on any atom is -0.377 e. The molecule has 2 aromatic rings. The SMILES string of the molecule is Cc1ncnc(C)c1C(=O)N1CC2=CN(CCC3(c4ccccc4)CN(CC(F)F)C3)CC2C1. The average molecular weight is 468 g/mol. The summed E-state index contributed by atoms with van der Waals surface area (Å²) in [6, 6.07) is 10.3. The molecule has 3 aliphatic rings. The number of carbonyl (C=O) groups excluding carboxylic acids is 1. The molecule has 2 saturated heterocycles. The minimum absolute atomic E-state index is 0.00840. The molecule has 1 unspecified atom stereocenters. The standard InChI is InChI=1S/C26H31F2N5O/c1-18-24(19(2)30-17-29-18)25(34)33-12-20-10-31(11-21(20)13-33)9-8-26(22-6-4-3-5-7-22)15-32(16-26)14-23(27)28/h3-7,10,17,21,23H,8-9,11-16H2,1-2H3. The fourth-order valence-corrected chi connectivity index (χ4v) is 5.83. The summed E-state index contributed by atoms with van der Waals surface area (Å²) in [6.07, 6.45) is 2.35. The third-order valence-electron chi connectivity index (χ3n) is 7.58. The summed E-state index contributed by atoms with van der Waals surface area (Å²) < 4.78 is 25.7. The lowest BCUT2D eigenvalue weighted by molar-refractivity contribution is 0.000242.